The molecule has 0 radical (unpaired) electrons. The van der Waals surface area contributed by atoms with E-state index in [0.717, 1.165) is 6.04 Å². The molecular weight excluding hydrogens is 222 g/mol. The maximum atomic E-state index is 3.90. The molecule has 0 N–H and O–H groups in total. The summed E-state index contributed by atoms with van der Waals surface area (Å²) in [5, 5.41) is 0. The highest BCUT2D eigenvalue weighted by Crippen LogP contribution is 2.20. The second-order valence-corrected chi connectivity index (χ2v) is 5.36. The molecule has 1 aromatic heterocycles. The minimum atomic E-state index is 0.888. The van der Waals surface area contributed by atoms with E-state index in [4.69, 9.17) is 0 Å². The third kappa shape index (κ3) is 5.50. The smallest absolute Gasteiger partial charge is 0.0391 e. The van der Waals surface area contributed by atoms with Crippen LogP contribution < -0.4 is 4.90 Å². The van der Waals surface area contributed by atoms with Crippen LogP contribution >= 0.6 is 0 Å². The fraction of sp³-hybridized carbons (Fsp3) is 0.667. The van der Waals surface area contributed by atoms with Gasteiger partial charge in [-0.1, -0.05) is 19.3 Å². The molecule has 1 aromatic rings. The Balaban J connectivity index is 0.000000180. The van der Waals surface area contributed by atoms with Gasteiger partial charge in [0.1, 0.15) is 0 Å². The number of aromatic nitrogens is 1. The Hall–Kier alpha value is -1.09. The van der Waals surface area contributed by atoms with Gasteiger partial charge in [-0.05, 0) is 39.1 Å². The molecule has 1 fully saturated rings. The van der Waals surface area contributed by atoms with Crippen LogP contribution in [-0.2, 0) is 0 Å². The maximum Gasteiger partial charge on any atom is 0.0391 e. The molecule has 3 heteroatoms. The highest BCUT2D eigenvalue weighted by atomic mass is 15.1. The zero-order valence-corrected chi connectivity index (χ0v) is 12.3. The molecule has 2 rings (SSSR count). The van der Waals surface area contributed by atoms with Crippen molar-refractivity contribution in [2.45, 2.75) is 38.1 Å². The summed E-state index contributed by atoms with van der Waals surface area (Å²) in [6, 6.07) is 4.83. The van der Waals surface area contributed by atoms with Gasteiger partial charge < -0.3 is 9.80 Å². The van der Waals surface area contributed by atoms with E-state index in [-0.39, 0.29) is 0 Å². The average Bonchev–Trinajstić information content (AvgIpc) is 2.41. The molecule has 0 unspecified atom stereocenters. The van der Waals surface area contributed by atoms with Crippen LogP contribution in [0.5, 0.6) is 0 Å². The second-order valence-electron chi connectivity index (χ2n) is 5.36. The first-order valence-corrected chi connectivity index (χ1v) is 6.85. The van der Waals surface area contributed by atoms with E-state index in [9.17, 15) is 0 Å². The van der Waals surface area contributed by atoms with Crippen molar-refractivity contribution in [3.05, 3.63) is 24.5 Å². The Morgan fingerprint density at radius 2 is 1.50 bits per heavy atom. The van der Waals surface area contributed by atoms with Gasteiger partial charge in [0.05, 0.1) is 0 Å². The quantitative estimate of drug-likeness (QED) is 0.803. The van der Waals surface area contributed by atoms with Gasteiger partial charge in [0, 0.05) is 38.2 Å². The first-order valence-electron chi connectivity index (χ1n) is 6.85. The first-order chi connectivity index (χ1) is 8.61. The average molecular weight is 249 g/mol. The van der Waals surface area contributed by atoms with Crippen molar-refractivity contribution in [2.24, 2.45) is 0 Å². The molecule has 0 bridgehead atoms. The van der Waals surface area contributed by atoms with Gasteiger partial charge in [-0.25, -0.2) is 0 Å². The Bertz CT molecular complexity index is 303. The van der Waals surface area contributed by atoms with E-state index in [2.05, 4.69) is 24.0 Å². The molecule has 1 heterocycles. The predicted molar refractivity (Wildman–Crippen MR) is 79.1 cm³/mol. The molecule has 0 aromatic carbocycles. The van der Waals surface area contributed by atoms with Gasteiger partial charge in [0.25, 0.3) is 0 Å². The summed E-state index contributed by atoms with van der Waals surface area (Å²) in [5.74, 6) is 0. The molecule has 0 amide bonds. The van der Waals surface area contributed by atoms with Crippen molar-refractivity contribution in [3.63, 3.8) is 0 Å². The molecule has 1 aliphatic rings. The van der Waals surface area contributed by atoms with E-state index in [0.29, 0.717) is 0 Å². The highest BCUT2D eigenvalue weighted by molar-refractivity contribution is 5.42. The molecule has 3 nitrogen and oxygen atoms in total. The molecule has 0 spiro atoms. The minimum Gasteiger partial charge on any atom is -0.378 e. The van der Waals surface area contributed by atoms with Crippen LogP contribution in [0.3, 0.4) is 0 Å². The molecule has 0 aliphatic heterocycles. The molecule has 1 saturated carbocycles. The van der Waals surface area contributed by atoms with Gasteiger partial charge in [-0.2, -0.15) is 0 Å². The van der Waals surface area contributed by atoms with Crippen molar-refractivity contribution in [3.8, 4) is 0 Å². The molecular formula is C15H27N3. The van der Waals surface area contributed by atoms with Crippen molar-refractivity contribution in [2.75, 3.05) is 33.1 Å². The number of hydrogen-bond acceptors (Lipinski definition) is 3. The summed E-state index contributed by atoms with van der Waals surface area (Å²) in [6.07, 6.45) is 10.8. The zero-order valence-electron chi connectivity index (χ0n) is 12.3. The van der Waals surface area contributed by atoms with Gasteiger partial charge in [-0.3, -0.25) is 4.98 Å². The van der Waals surface area contributed by atoms with Gasteiger partial charge in [0.15, 0.2) is 0 Å². The standard InChI is InChI=1S/C8H17N.C7H10N2/c1-9(2)8-6-4-3-5-7-8;1-9(2)7-3-5-8-6-4-7/h8H,3-7H2,1-2H3;3-6H,1-2H3. The topological polar surface area (TPSA) is 19.4 Å². The van der Waals surface area contributed by atoms with Crippen LogP contribution in [0.15, 0.2) is 24.5 Å². The van der Waals surface area contributed by atoms with E-state index >= 15 is 0 Å². The van der Waals surface area contributed by atoms with Gasteiger partial charge in [-0.15, -0.1) is 0 Å². The summed E-state index contributed by atoms with van der Waals surface area (Å²) in [6.45, 7) is 0. The van der Waals surface area contributed by atoms with Gasteiger partial charge >= 0.3 is 0 Å². The van der Waals surface area contributed by atoms with Crippen LogP contribution in [0.2, 0.25) is 0 Å². The van der Waals surface area contributed by atoms with E-state index in [1.165, 1.54) is 37.8 Å². The summed E-state index contributed by atoms with van der Waals surface area (Å²) in [4.78, 5) is 8.30. The van der Waals surface area contributed by atoms with Crippen LogP contribution in [-0.4, -0.2) is 44.1 Å². The van der Waals surface area contributed by atoms with E-state index < -0.39 is 0 Å². The van der Waals surface area contributed by atoms with E-state index in [1.54, 1.807) is 12.4 Å². The van der Waals surface area contributed by atoms with Crippen molar-refractivity contribution >= 4 is 5.69 Å². The summed E-state index contributed by atoms with van der Waals surface area (Å²) >= 11 is 0. The van der Waals surface area contributed by atoms with Crippen molar-refractivity contribution in [1.29, 1.82) is 0 Å². The van der Waals surface area contributed by atoms with Gasteiger partial charge in [0.2, 0.25) is 0 Å². The largest absolute Gasteiger partial charge is 0.378 e. The molecule has 0 atom stereocenters. The highest BCUT2D eigenvalue weighted by Gasteiger charge is 2.13. The lowest BCUT2D eigenvalue weighted by molar-refractivity contribution is 0.229. The molecule has 1 aliphatic carbocycles. The molecule has 102 valence electrons. The zero-order chi connectivity index (χ0) is 13.4. The number of rotatable bonds is 2. The van der Waals surface area contributed by atoms with E-state index in [1.807, 2.05) is 31.1 Å². The number of nitrogens with zero attached hydrogens (tertiary/aromatic N) is 3. The number of hydrogen-bond donors (Lipinski definition) is 0. The predicted octanol–water partition coefficient (Wildman–Crippen LogP) is 3.03. The number of anilines is 1. The number of pyridine rings is 1. The lowest BCUT2D eigenvalue weighted by Gasteiger charge is -2.27. The summed E-state index contributed by atoms with van der Waals surface area (Å²) in [5.41, 5.74) is 1.19. The Kier molecular flexibility index (Phi) is 6.73. The summed E-state index contributed by atoms with van der Waals surface area (Å²) in [7, 11) is 8.40. The van der Waals surface area contributed by atoms with Crippen molar-refractivity contribution in [1.82, 2.24) is 9.88 Å². The minimum absolute atomic E-state index is 0.888. The lowest BCUT2D eigenvalue weighted by Crippen LogP contribution is -2.29. The maximum absolute atomic E-state index is 3.90. The second kappa shape index (κ2) is 8.09. The SMILES string of the molecule is CN(C)C1CCCCC1.CN(C)c1ccncc1. The Morgan fingerprint density at radius 3 is 1.83 bits per heavy atom. The monoisotopic (exact) mass is 249 g/mol. The Labute approximate surface area is 112 Å². The Morgan fingerprint density at radius 1 is 0.944 bits per heavy atom. The third-order valence-corrected chi connectivity index (χ3v) is 3.48. The first kappa shape index (κ1) is 15.0. The molecule has 0 saturated heterocycles. The van der Waals surface area contributed by atoms with Crippen LogP contribution in [0.4, 0.5) is 5.69 Å². The van der Waals surface area contributed by atoms with Crippen LogP contribution in [0.1, 0.15) is 32.1 Å². The summed E-state index contributed by atoms with van der Waals surface area (Å²) < 4.78 is 0. The fourth-order valence-corrected chi connectivity index (χ4v) is 2.24. The third-order valence-electron chi connectivity index (χ3n) is 3.48. The fourth-order valence-electron chi connectivity index (χ4n) is 2.24. The molecule has 18 heavy (non-hydrogen) atoms. The normalized spacial score (nSPS) is 16.1. The van der Waals surface area contributed by atoms with Crippen LogP contribution in [0, 0.1) is 0 Å². The lowest BCUT2D eigenvalue weighted by atomic mass is 9.95. The van der Waals surface area contributed by atoms with Crippen LogP contribution in [0.25, 0.3) is 0 Å². The van der Waals surface area contributed by atoms with Crippen molar-refractivity contribution < 1.29 is 0 Å².